The molecule has 5 nitrogen and oxygen atoms in total. The molecule has 0 aliphatic heterocycles. The van der Waals surface area contributed by atoms with Crippen molar-refractivity contribution < 1.29 is 23.8 Å². The van der Waals surface area contributed by atoms with E-state index in [1.807, 2.05) is 0 Å². The molecule has 2 rings (SSSR count). The van der Waals surface area contributed by atoms with Crippen molar-refractivity contribution in [3.63, 3.8) is 0 Å². The van der Waals surface area contributed by atoms with Crippen molar-refractivity contribution >= 4 is 11.8 Å². The van der Waals surface area contributed by atoms with E-state index in [1.54, 1.807) is 12.1 Å². The summed E-state index contributed by atoms with van der Waals surface area (Å²) in [6.45, 7) is 0. The number of carbonyl (C=O) groups is 2. The molecular formula is C13H14O5. The Morgan fingerprint density at radius 3 is 2.50 bits per heavy atom. The normalized spacial score (nSPS) is 17.3. The summed E-state index contributed by atoms with van der Waals surface area (Å²) in [5, 5.41) is 0. The number of methoxy groups -OCH3 is 3. The summed E-state index contributed by atoms with van der Waals surface area (Å²) in [7, 11) is 4.24. The zero-order chi connectivity index (χ0) is 13.3. The molecule has 1 aromatic carbocycles. The fourth-order valence-corrected chi connectivity index (χ4v) is 2.23. The molecule has 1 aliphatic carbocycles. The van der Waals surface area contributed by atoms with Crippen molar-refractivity contribution in [1.82, 2.24) is 0 Å². The van der Waals surface area contributed by atoms with Gasteiger partial charge < -0.3 is 14.2 Å². The Balaban J connectivity index is 2.49. The number of ketones is 1. The van der Waals surface area contributed by atoms with Crippen LogP contribution < -0.4 is 9.47 Å². The van der Waals surface area contributed by atoms with Crippen LogP contribution in [-0.2, 0) is 16.0 Å². The molecule has 96 valence electrons. The standard InChI is InChI=1S/C13H14O5/c1-16-9-5-4-7-6-8(13(15)18-3)11(14)10(7)12(9)17-2/h4-5,8H,6H2,1-3H3. The maximum atomic E-state index is 12.2. The van der Waals surface area contributed by atoms with E-state index in [9.17, 15) is 9.59 Å². The van der Waals surface area contributed by atoms with Gasteiger partial charge in [-0.3, -0.25) is 9.59 Å². The summed E-state index contributed by atoms with van der Waals surface area (Å²) in [6.07, 6.45) is 0.348. The number of hydrogen-bond acceptors (Lipinski definition) is 5. The Kier molecular flexibility index (Phi) is 3.23. The summed E-state index contributed by atoms with van der Waals surface area (Å²) in [6, 6.07) is 3.50. The highest BCUT2D eigenvalue weighted by Gasteiger charge is 2.39. The van der Waals surface area contributed by atoms with Crippen LogP contribution in [0.1, 0.15) is 15.9 Å². The maximum Gasteiger partial charge on any atom is 0.316 e. The number of ether oxygens (including phenoxy) is 3. The Labute approximate surface area is 105 Å². The number of benzene rings is 1. The largest absolute Gasteiger partial charge is 0.493 e. The average molecular weight is 250 g/mol. The molecule has 1 atom stereocenters. The van der Waals surface area contributed by atoms with E-state index >= 15 is 0 Å². The molecule has 0 bridgehead atoms. The first-order valence-corrected chi connectivity index (χ1v) is 5.50. The van der Waals surface area contributed by atoms with Crippen LogP contribution in [0, 0.1) is 5.92 Å². The van der Waals surface area contributed by atoms with Crippen LogP contribution in [0.3, 0.4) is 0 Å². The molecule has 0 radical (unpaired) electrons. The third kappa shape index (κ3) is 1.72. The van der Waals surface area contributed by atoms with Crippen LogP contribution in [0.15, 0.2) is 12.1 Å². The molecule has 0 N–H and O–H groups in total. The molecule has 1 aliphatic rings. The molecule has 1 unspecified atom stereocenters. The summed E-state index contributed by atoms with van der Waals surface area (Å²) >= 11 is 0. The number of esters is 1. The second kappa shape index (κ2) is 4.68. The molecular weight excluding hydrogens is 236 g/mol. The quantitative estimate of drug-likeness (QED) is 0.596. The van der Waals surface area contributed by atoms with Gasteiger partial charge in [0.25, 0.3) is 0 Å². The number of rotatable bonds is 3. The van der Waals surface area contributed by atoms with Gasteiger partial charge in [-0.15, -0.1) is 0 Å². The minimum absolute atomic E-state index is 0.271. The lowest BCUT2D eigenvalue weighted by Gasteiger charge is -2.11. The zero-order valence-corrected chi connectivity index (χ0v) is 10.5. The van der Waals surface area contributed by atoms with Crippen molar-refractivity contribution in [2.24, 2.45) is 5.92 Å². The van der Waals surface area contributed by atoms with Crippen LogP contribution in [0.2, 0.25) is 0 Å². The lowest BCUT2D eigenvalue weighted by molar-refractivity contribution is -0.143. The zero-order valence-electron chi connectivity index (χ0n) is 10.5. The fourth-order valence-electron chi connectivity index (χ4n) is 2.23. The molecule has 1 aromatic rings. The molecule has 0 saturated heterocycles. The first-order valence-electron chi connectivity index (χ1n) is 5.50. The first kappa shape index (κ1) is 12.4. The SMILES string of the molecule is COC(=O)C1Cc2ccc(OC)c(OC)c2C1=O. The van der Waals surface area contributed by atoms with Gasteiger partial charge in [0.1, 0.15) is 5.92 Å². The van der Waals surface area contributed by atoms with Gasteiger partial charge in [0.05, 0.1) is 26.9 Å². The molecule has 0 amide bonds. The van der Waals surface area contributed by atoms with Gasteiger partial charge in [-0.25, -0.2) is 0 Å². The van der Waals surface area contributed by atoms with E-state index in [-0.39, 0.29) is 5.78 Å². The minimum atomic E-state index is -0.772. The van der Waals surface area contributed by atoms with Gasteiger partial charge in [-0.2, -0.15) is 0 Å². The summed E-state index contributed by atoms with van der Waals surface area (Å²) in [4.78, 5) is 23.7. The predicted octanol–water partition coefficient (Wildman–Crippen LogP) is 1.23. The number of fused-ring (bicyclic) bond motifs is 1. The van der Waals surface area contributed by atoms with Gasteiger partial charge in [0.15, 0.2) is 17.3 Å². The van der Waals surface area contributed by atoms with E-state index in [2.05, 4.69) is 4.74 Å². The lowest BCUT2D eigenvalue weighted by Crippen LogP contribution is -2.22. The topological polar surface area (TPSA) is 61.8 Å². The Morgan fingerprint density at radius 2 is 1.94 bits per heavy atom. The van der Waals surface area contributed by atoms with E-state index < -0.39 is 11.9 Å². The molecule has 0 heterocycles. The van der Waals surface area contributed by atoms with E-state index in [0.717, 1.165) is 5.56 Å². The third-order valence-corrected chi connectivity index (χ3v) is 3.10. The minimum Gasteiger partial charge on any atom is -0.493 e. The summed E-state index contributed by atoms with van der Waals surface area (Å²) in [5.41, 5.74) is 1.21. The molecule has 18 heavy (non-hydrogen) atoms. The van der Waals surface area contributed by atoms with Gasteiger partial charge in [0, 0.05) is 0 Å². The Morgan fingerprint density at radius 1 is 1.22 bits per heavy atom. The van der Waals surface area contributed by atoms with Crippen molar-refractivity contribution in [2.45, 2.75) is 6.42 Å². The van der Waals surface area contributed by atoms with Crippen LogP contribution in [0.5, 0.6) is 11.5 Å². The second-order valence-electron chi connectivity index (χ2n) is 3.98. The number of Topliss-reactive ketones (excluding diaryl/α,β-unsaturated/α-hetero) is 1. The molecule has 0 fully saturated rings. The smallest absolute Gasteiger partial charge is 0.316 e. The van der Waals surface area contributed by atoms with Gasteiger partial charge in [-0.1, -0.05) is 6.07 Å². The number of hydrogen-bond donors (Lipinski definition) is 0. The number of carbonyl (C=O) groups excluding carboxylic acids is 2. The molecule has 0 saturated carbocycles. The lowest BCUT2D eigenvalue weighted by atomic mass is 10.1. The third-order valence-electron chi connectivity index (χ3n) is 3.10. The maximum absolute atomic E-state index is 12.2. The fraction of sp³-hybridized carbons (Fsp3) is 0.385. The molecule has 5 heteroatoms. The summed E-state index contributed by atoms with van der Waals surface area (Å²) < 4.78 is 15.0. The summed E-state index contributed by atoms with van der Waals surface area (Å²) in [5.74, 6) is -0.697. The average Bonchev–Trinajstić information content (AvgIpc) is 2.74. The Bertz CT molecular complexity index is 506. The van der Waals surface area contributed by atoms with Crippen molar-refractivity contribution in [3.8, 4) is 11.5 Å². The van der Waals surface area contributed by atoms with E-state index in [1.165, 1.54) is 21.3 Å². The van der Waals surface area contributed by atoms with Crippen molar-refractivity contribution in [2.75, 3.05) is 21.3 Å². The van der Waals surface area contributed by atoms with E-state index in [4.69, 9.17) is 9.47 Å². The highest BCUT2D eigenvalue weighted by Crippen LogP contribution is 2.40. The van der Waals surface area contributed by atoms with Gasteiger partial charge >= 0.3 is 5.97 Å². The van der Waals surface area contributed by atoms with Crippen molar-refractivity contribution in [1.29, 1.82) is 0 Å². The van der Waals surface area contributed by atoms with Gasteiger partial charge in [0.2, 0.25) is 0 Å². The van der Waals surface area contributed by atoms with E-state index in [0.29, 0.717) is 23.5 Å². The highest BCUT2D eigenvalue weighted by atomic mass is 16.5. The second-order valence-corrected chi connectivity index (χ2v) is 3.98. The first-order chi connectivity index (χ1) is 8.63. The predicted molar refractivity (Wildman–Crippen MR) is 63.1 cm³/mol. The van der Waals surface area contributed by atoms with Crippen LogP contribution in [0.4, 0.5) is 0 Å². The molecule has 0 aromatic heterocycles. The van der Waals surface area contributed by atoms with Crippen LogP contribution in [0.25, 0.3) is 0 Å². The highest BCUT2D eigenvalue weighted by molar-refractivity contribution is 6.14. The molecule has 0 spiro atoms. The van der Waals surface area contributed by atoms with Crippen LogP contribution in [-0.4, -0.2) is 33.1 Å². The van der Waals surface area contributed by atoms with Crippen molar-refractivity contribution in [3.05, 3.63) is 23.3 Å². The Hall–Kier alpha value is -2.04. The van der Waals surface area contributed by atoms with Gasteiger partial charge in [-0.05, 0) is 18.1 Å². The van der Waals surface area contributed by atoms with Crippen LogP contribution >= 0.6 is 0 Å². The monoisotopic (exact) mass is 250 g/mol.